The van der Waals surface area contributed by atoms with Gasteiger partial charge in [-0.2, -0.15) is 0 Å². The van der Waals surface area contributed by atoms with E-state index in [4.69, 9.17) is 9.26 Å². The number of ether oxygens (including phenoxy) is 1. The molecule has 1 N–H and O–H groups in total. The van der Waals surface area contributed by atoms with Gasteiger partial charge >= 0.3 is 0 Å². The van der Waals surface area contributed by atoms with E-state index in [1.54, 1.807) is 32.2 Å². The molecule has 0 atom stereocenters. The fourth-order valence-corrected chi connectivity index (χ4v) is 2.53. The van der Waals surface area contributed by atoms with Gasteiger partial charge in [0.05, 0.1) is 6.54 Å². The van der Waals surface area contributed by atoms with Crippen LogP contribution in [0, 0.1) is 6.92 Å². The fourth-order valence-electron chi connectivity index (χ4n) is 2.53. The lowest BCUT2D eigenvalue weighted by Gasteiger charge is -2.19. The highest BCUT2D eigenvalue weighted by Crippen LogP contribution is 2.26. The molecule has 0 spiro atoms. The summed E-state index contributed by atoms with van der Waals surface area (Å²) in [4.78, 5) is 25.0. The number of rotatable bonds is 5. The Bertz CT molecular complexity index is 769. The molecule has 7 nitrogen and oxygen atoms in total. The Balaban J connectivity index is 1.55. The maximum Gasteiger partial charge on any atom is 0.260 e. The average Bonchev–Trinajstić information content (AvgIpc) is 2.97. The van der Waals surface area contributed by atoms with Crippen LogP contribution in [-0.4, -0.2) is 35.5 Å². The molecule has 1 aliphatic rings. The summed E-state index contributed by atoms with van der Waals surface area (Å²) >= 11 is 0. The van der Waals surface area contributed by atoms with Crippen molar-refractivity contribution in [1.82, 2.24) is 10.1 Å². The van der Waals surface area contributed by atoms with E-state index in [2.05, 4.69) is 10.5 Å². The minimum absolute atomic E-state index is 0.0241. The first kappa shape index (κ1) is 16.0. The van der Waals surface area contributed by atoms with Crippen LogP contribution >= 0.6 is 0 Å². The highest BCUT2D eigenvalue weighted by molar-refractivity contribution is 5.94. The molecule has 2 heterocycles. The minimum atomic E-state index is -0.151. The summed E-state index contributed by atoms with van der Waals surface area (Å²) in [5.41, 5.74) is 2.53. The number of nitrogens with zero attached hydrogens (tertiary/aromatic N) is 2. The van der Waals surface area contributed by atoms with Crippen LogP contribution in [0.25, 0.3) is 0 Å². The van der Waals surface area contributed by atoms with Crippen molar-refractivity contribution in [3.05, 3.63) is 41.3 Å². The first-order valence-electron chi connectivity index (χ1n) is 7.73. The molecule has 0 bridgehead atoms. The zero-order valence-electron chi connectivity index (χ0n) is 13.7. The standard InChI is InChI=1S/C17H19N3O4/c1-11-7-13(19-24-11)9-20(2)17(22)10-23-14-4-5-15-12(8-14)3-6-16(21)18-15/h4-5,7-8H,3,6,9-10H2,1-2H3,(H,18,21). The van der Waals surface area contributed by atoms with E-state index in [9.17, 15) is 9.59 Å². The molecular weight excluding hydrogens is 310 g/mol. The molecule has 0 saturated heterocycles. The second kappa shape index (κ2) is 6.74. The number of carbonyl (C=O) groups excluding carboxylic acids is 2. The summed E-state index contributed by atoms with van der Waals surface area (Å²) in [6, 6.07) is 7.21. The number of hydrogen-bond acceptors (Lipinski definition) is 5. The quantitative estimate of drug-likeness (QED) is 0.906. The molecule has 0 unspecified atom stereocenters. The van der Waals surface area contributed by atoms with E-state index in [-0.39, 0.29) is 18.4 Å². The van der Waals surface area contributed by atoms with Gasteiger partial charge in [-0.3, -0.25) is 9.59 Å². The molecular formula is C17H19N3O4. The van der Waals surface area contributed by atoms with E-state index in [1.165, 1.54) is 4.90 Å². The van der Waals surface area contributed by atoms with Gasteiger partial charge in [0.1, 0.15) is 17.2 Å². The second-order valence-electron chi connectivity index (χ2n) is 5.83. The molecule has 2 amide bonds. The lowest BCUT2D eigenvalue weighted by molar-refractivity contribution is -0.132. The molecule has 1 aromatic heterocycles. The summed E-state index contributed by atoms with van der Waals surface area (Å²) in [5.74, 6) is 1.20. The monoisotopic (exact) mass is 329 g/mol. The molecule has 1 aliphatic heterocycles. The van der Waals surface area contributed by atoms with Crippen molar-refractivity contribution in [1.29, 1.82) is 0 Å². The third-order valence-corrected chi connectivity index (χ3v) is 3.84. The average molecular weight is 329 g/mol. The van der Waals surface area contributed by atoms with Gasteiger partial charge in [-0.1, -0.05) is 5.16 Å². The van der Waals surface area contributed by atoms with Crippen LogP contribution in [0.4, 0.5) is 5.69 Å². The second-order valence-corrected chi connectivity index (χ2v) is 5.83. The van der Waals surface area contributed by atoms with Crippen molar-refractivity contribution in [2.75, 3.05) is 19.0 Å². The van der Waals surface area contributed by atoms with Gasteiger partial charge in [0.25, 0.3) is 5.91 Å². The third-order valence-electron chi connectivity index (χ3n) is 3.84. The number of amides is 2. The van der Waals surface area contributed by atoms with E-state index in [0.29, 0.717) is 36.6 Å². The number of nitrogens with one attached hydrogen (secondary N) is 1. The minimum Gasteiger partial charge on any atom is -0.484 e. The van der Waals surface area contributed by atoms with E-state index in [0.717, 1.165) is 11.3 Å². The van der Waals surface area contributed by atoms with Crippen LogP contribution < -0.4 is 10.1 Å². The van der Waals surface area contributed by atoms with Crippen LogP contribution in [0.3, 0.4) is 0 Å². The molecule has 3 rings (SSSR count). The summed E-state index contributed by atoms with van der Waals surface area (Å²) < 4.78 is 10.6. The number of carbonyl (C=O) groups is 2. The van der Waals surface area contributed by atoms with E-state index < -0.39 is 0 Å². The van der Waals surface area contributed by atoms with E-state index >= 15 is 0 Å². The zero-order valence-corrected chi connectivity index (χ0v) is 13.7. The van der Waals surface area contributed by atoms with Crippen molar-refractivity contribution in [3.8, 4) is 5.75 Å². The molecule has 24 heavy (non-hydrogen) atoms. The van der Waals surface area contributed by atoms with Gasteiger partial charge in [-0.05, 0) is 37.1 Å². The zero-order chi connectivity index (χ0) is 17.1. The number of aromatic nitrogens is 1. The number of fused-ring (bicyclic) bond motifs is 1. The van der Waals surface area contributed by atoms with Crippen molar-refractivity contribution < 1.29 is 18.8 Å². The number of benzene rings is 1. The Morgan fingerprint density at radius 1 is 1.38 bits per heavy atom. The van der Waals surface area contributed by atoms with Gasteiger partial charge < -0.3 is 19.5 Å². The maximum atomic E-state index is 12.1. The lowest BCUT2D eigenvalue weighted by atomic mass is 10.0. The SMILES string of the molecule is Cc1cc(CN(C)C(=O)COc2ccc3c(c2)CCC(=O)N3)no1. The Hall–Kier alpha value is -2.83. The third kappa shape index (κ3) is 3.73. The summed E-state index contributed by atoms with van der Waals surface area (Å²) in [7, 11) is 1.69. The molecule has 126 valence electrons. The van der Waals surface area contributed by atoms with Crippen LogP contribution in [0.2, 0.25) is 0 Å². The first-order chi connectivity index (χ1) is 11.5. The lowest BCUT2D eigenvalue weighted by Crippen LogP contribution is -2.31. The Morgan fingerprint density at radius 2 is 2.21 bits per heavy atom. The molecule has 0 radical (unpaired) electrons. The summed E-state index contributed by atoms with van der Waals surface area (Å²) in [6.07, 6.45) is 1.15. The Labute approximate surface area is 139 Å². The highest BCUT2D eigenvalue weighted by atomic mass is 16.5. The van der Waals surface area contributed by atoms with Gasteiger partial charge in [-0.25, -0.2) is 0 Å². The van der Waals surface area contributed by atoms with Crippen molar-refractivity contribution >= 4 is 17.5 Å². The maximum absolute atomic E-state index is 12.1. The number of hydrogen-bond donors (Lipinski definition) is 1. The fraction of sp³-hybridized carbons (Fsp3) is 0.353. The normalized spacial score (nSPS) is 13.2. The van der Waals surface area contributed by atoms with Gasteiger partial charge in [0.15, 0.2) is 6.61 Å². The Morgan fingerprint density at radius 3 is 2.96 bits per heavy atom. The largest absolute Gasteiger partial charge is 0.484 e. The van der Waals surface area contributed by atoms with Crippen LogP contribution in [0.15, 0.2) is 28.8 Å². The van der Waals surface area contributed by atoms with E-state index in [1.807, 2.05) is 6.07 Å². The number of aryl methyl sites for hydroxylation is 2. The van der Waals surface area contributed by atoms with Crippen LogP contribution in [0.1, 0.15) is 23.4 Å². The predicted molar refractivity (Wildman–Crippen MR) is 86.6 cm³/mol. The van der Waals surface area contributed by atoms with Gasteiger partial charge in [0.2, 0.25) is 5.91 Å². The molecule has 7 heteroatoms. The van der Waals surface area contributed by atoms with Crippen molar-refractivity contribution in [2.24, 2.45) is 0 Å². The summed E-state index contributed by atoms with van der Waals surface area (Å²) in [5, 5.41) is 6.68. The smallest absolute Gasteiger partial charge is 0.260 e. The highest BCUT2D eigenvalue weighted by Gasteiger charge is 2.16. The molecule has 2 aromatic rings. The molecule has 0 saturated carbocycles. The topological polar surface area (TPSA) is 84.7 Å². The Kier molecular flexibility index (Phi) is 4.50. The van der Waals surface area contributed by atoms with Gasteiger partial charge in [0, 0.05) is 25.2 Å². The molecule has 1 aromatic carbocycles. The van der Waals surface area contributed by atoms with Gasteiger partial charge in [-0.15, -0.1) is 0 Å². The van der Waals surface area contributed by atoms with Crippen molar-refractivity contribution in [3.63, 3.8) is 0 Å². The summed E-state index contributed by atoms with van der Waals surface area (Å²) in [6.45, 7) is 2.12. The number of likely N-dealkylation sites (N-methyl/N-ethyl adjacent to an activating group) is 1. The first-order valence-corrected chi connectivity index (χ1v) is 7.73. The predicted octanol–water partition coefficient (Wildman–Crippen LogP) is 1.91. The molecule has 0 fully saturated rings. The molecule has 0 aliphatic carbocycles. The van der Waals surface area contributed by atoms with Crippen molar-refractivity contribution in [2.45, 2.75) is 26.3 Å². The van der Waals surface area contributed by atoms with Crippen LogP contribution in [-0.2, 0) is 22.6 Å². The van der Waals surface area contributed by atoms with Crippen LogP contribution in [0.5, 0.6) is 5.75 Å². The number of anilines is 1.